The van der Waals surface area contributed by atoms with E-state index < -0.39 is 5.41 Å². The van der Waals surface area contributed by atoms with E-state index in [1.807, 2.05) is 19.2 Å². The smallest absolute Gasteiger partial charge is 0.259 e. The maximum atomic E-state index is 12.9. The van der Waals surface area contributed by atoms with Crippen molar-refractivity contribution in [3.8, 4) is 11.9 Å². The first kappa shape index (κ1) is 21.3. The molecule has 2 saturated carbocycles. The molecule has 5 rings (SSSR count). The number of aliphatic hydroxyl groups is 1. The van der Waals surface area contributed by atoms with E-state index in [9.17, 15) is 15.2 Å². The second-order valence-corrected chi connectivity index (χ2v) is 9.09. The number of hydrogen-bond donors (Lipinski definition) is 2. The molecule has 0 aliphatic heterocycles. The fourth-order valence-electron chi connectivity index (χ4n) is 4.51. The minimum atomic E-state index is -0.679. The van der Waals surface area contributed by atoms with Gasteiger partial charge in [0.15, 0.2) is 5.82 Å². The molecule has 0 unspecified atom stereocenters. The predicted octanol–water partition coefficient (Wildman–Crippen LogP) is 3.80. The van der Waals surface area contributed by atoms with Gasteiger partial charge in [0.1, 0.15) is 0 Å². The Balaban J connectivity index is 1.29. The zero-order valence-corrected chi connectivity index (χ0v) is 18.5. The van der Waals surface area contributed by atoms with Gasteiger partial charge in [-0.3, -0.25) is 9.78 Å². The van der Waals surface area contributed by atoms with Crippen molar-refractivity contribution < 1.29 is 9.90 Å². The lowest BCUT2D eigenvalue weighted by Crippen LogP contribution is -2.33. The summed E-state index contributed by atoms with van der Waals surface area (Å²) >= 11 is 0. The van der Waals surface area contributed by atoms with Gasteiger partial charge >= 0.3 is 0 Å². The molecule has 2 N–H and O–H groups in total. The number of hydrogen-bond acceptors (Lipinski definition) is 6. The minimum absolute atomic E-state index is 0.279. The van der Waals surface area contributed by atoms with Crippen LogP contribution in [0.2, 0.25) is 0 Å². The topological polar surface area (TPSA) is 117 Å². The maximum Gasteiger partial charge on any atom is 0.259 e. The highest BCUT2D eigenvalue weighted by Crippen LogP contribution is 2.40. The van der Waals surface area contributed by atoms with Crippen LogP contribution in [0.3, 0.4) is 0 Å². The summed E-state index contributed by atoms with van der Waals surface area (Å²) in [4.78, 5) is 21.9. The third-order valence-electron chi connectivity index (χ3n) is 6.83. The number of pyridine rings is 2. The third kappa shape index (κ3) is 4.12. The normalized spacial score (nSPS) is 22.5. The molecular weight excluding hydrogens is 416 g/mol. The van der Waals surface area contributed by atoms with Gasteiger partial charge in [0.2, 0.25) is 0 Å². The quantitative estimate of drug-likeness (QED) is 0.621. The van der Waals surface area contributed by atoms with E-state index in [1.165, 1.54) is 18.4 Å². The van der Waals surface area contributed by atoms with Gasteiger partial charge < -0.3 is 10.4 Å². The Bertz CT molecular complexity index is 1200. The number of carbonyl (C=O) groups is 1. The molecule has 0 radical (unpaired) electrons. The first-order valence-electron chi connectivity index (χ1n) is 11.4. The molecule has 2 aliphatic rings. The van der Waals surface area contributed by atoms with Crippen LogP contribution in [0.5, 0.6) is 0 Å². The molecule has 3 heterocycles. The van der Waals surface area contributed by atoms with Gasteiger partial charge in [-0.1, -0.05) is 6.07 Å². The molecule has 168 valence electrons. The first-order valence-corrected chi connectivity index (χ1v) is 11.4. The van der Waals surface area contributed by atoms with Gasteiger partial charge in [-0.25, -0.2) is 9.67 Å². The lowest BCUT2D eigenvalue weighted by atomic mass is 9.72. The monoisotopic (exact) mass is 442 g/mol. The largest absolute Gasteiger partial charge is 0.393 e. The van der Waals surface area contributed by atoms with Crippen molar-refractivity contribution in [3.05, 3.63) is 65.4 Å². The highest BCUT2D eigenvalue weighted by Gasteiger charge is 2.38. The van der Waals surface area contributed by atoms with Crippen molar-refractivity contribution >= 4 is 11.6 Å². The van der Waals surface area contributed by atoms with Gasteiger partial charge in [0, 0.05) is 6.20 Å². The van der Waals surface area contributed by atoms with Crippen LogP contribution < -0.4 is 5.32 Å². The summed E-state index contributed by atoms with van der Waals surface area (Å²) < 4.78 is 1.67. The number of nitrogens with one attached hydrogen (secondary N) is 1. The fourth-order valence-corrected chi connectivity index (χ4v) is 4.51. The van der Waals surface area contributed by atoms with E-state index >= 15 is 0 Å². The van der Waals surface area contributed by atoms with Crippen molar-refractivity contribution in [2.75, 3.05) is 5.32 Å². The number of anilines is 1. The standard InChI is InChI=1S/C25H26N6O2/c1-16-21(14-29-31(16)23-7-4-18(12-28-23)17-2-3-17)24(33)30-19-5-6-22(27-13-19)25(15-26)10-8-20(32)9-11-25/h4-7,12-14,17,20,32H,2-3,8-11H2,1H3,(H,30,33). The predicted molar refractivity (Wildman–Crippen MR) is 122 cm³/mol. The molecule has 8 heteroatoms. The van der Waals surface area contributed by atoms with E-state index in [1.54, 1.807) is 29.2 Å². The summed E-state index contributed by atoms with van der Waals surface area (Å²) in [6, 6.07) is 9.97. The molecule has 2 fully saturated rings. The van der Waals surface area contributed by atoms with Crippen LogP contribution in [0, 0.1) is 18.3 Å². The summed E-state index contributed by atoms with van der Waals surface area (Å²) in [5.41, 5.74) is 2.96. The van der Waals surface area contributed by atoms with E-state index in [2.05, 4.69) is 32.5 Å². The van der Waals surface area contributed by atoms with Gasteiger partial charge in [-0.15, -0.1) is 0 Å². The van der Waals surface area contributed by atoms with Gasteiger partial charge in [-0.2, -0.15) is 10.4 Å². The summed E-state index contributed by atoms with van der Waals surface area (Å²) in [6.45, 7) is 1.84. The van der Waals surface area contributed by atoms with Crippen LogP contribution in [0.25, 0.3) is 5.82 Å². The Kier molecular flexibility index (Phi) is 5.43. The number of nitriles is 1. The number of nitrogens with zero attached hydrogens (tertiary/aromatic N) is 5. The van der Waals surface area contributed by atoms with Crippen molar-refractivity contribution in [3.63, 3.8) is 0 Å². The molecule has 0 atom stereocenters. The Hall–Kier alpha value is -3.57. The SMILES string of the molecule is Cc1c(C(=O)Nc2ccc(C3(C#N)CCC(O)CC3)nc2)cnn1-c1ccc(C2CC2)cn1. The molecule has 0 bridgehead atoms. The van der Waals surface area contributed by atoms with Gasteiger partial charge in [0.05, 0.1) is 52.6 Å². The second kappa shape index (κ2) is 8.41. The fraction of sp³-hybridized carbons (Fsp3) is 0.400. The Morgan fingerprint density at radius 1 is 1.12 bits per heavy atom. The van der Waals surface area contributed by atoms with Crippen molar-refractivity contribution in [1.82, 2.24) is 19.7 Å². The molecule has 0 saturated heterocycles. The maximum absolute atomic E-state index is 12.9. The number of amides is 1. The Morgan fingerprint density at radius 2 is 1.91 bits per heavy atom. The molecule has 2 aliphatic carbocycles. The summed E-state index contributed by atoms with van der Waals surface area (Å²) in [5, 5.41) is 26.8. The Labute approximate surface area is 192 Å². The van der Waals surface area contributed by atoms with E-state index in [-0.39, 0.29) is 12.0 Å². The van der Waals surface area contributed by atoms with Crippen molar-refractivity contribution in [2.24, 2.45) is 0 Å². The van der Waals surface area contributed by atoms with Crippen molar-refractivity contribution in [2.45, 2.75) is 62.9 Å². The van der Waals surface area contributed by atoms with Crippen LogP contribution in [0.4, 0.5) is 5.69 Å². The number of rotatable bonds is 5. The lowest BCUT2D eigenvalue weighted by Gasteiger charge is -2.32. The highest BCUT2D eigenvalue weighted by atomic mass is 16.3. The van der Waals surface area contributed by atoms with Crippen LogP contribution in [0.15, 0.2) is 42.9 Å². The summed E-state index contributed by atoms with van der Waals surface area (Å²) in [5.74, 6) is 1.04. The molecule has 33 heavy (non-hydrogen) atoms. The summed E-state index contributed by atoms with van der Waals surface area (Å²) in [6.07, 6.45) is 9.46. The average molecular weight is 443 g/mol. The number of aliphatic hydroxyl groups excluding tert-OH is 1. The van der Waals surface area contributed by atoms with Crippen molar-refractivity contribution in [1.29, 1.82) is 5.26 Å². The molecule has 0 spiro atoms. The number of aromatic nitrogens is 4. The molecule has 0 aromatic carbocycles. The van der Waals surface area contributed by atoms with E-state index in [4.69, 9.17) is 0 Å². The van der Waals surface area contributed by atoms with Gasteiger partial charge in [0.25, 0.3) is 5.91 Å². The average Bonchev–Trinajstić information content (AvgIpc) is 3.62. The lowest BCUT2D eigenvalue weighted by molar-refractivity contribution is 0.102. The second-order valence-electron chi connectivity index (χ2n) is 9.09. The van der Waals surface area contributed by atoms with E-state index in [0.717, 1.165) is 0 Å². The van der Waals surface area contributed by atoms with Crippen LogP contribution in [-0.2, 0) is 5.41 Å². The highest BCUT2D eigenvalue weighted by molar-refractivity contribution is 6.04. The molecular formula is C25H26N6O2. The van der Waals surface area contributed by atoms with Crippen LogP contribution in [0.1, 0.15) is 71.8 Å². The molecule has 3 aromatic heterocycles. The van der Waals surface area contributed by atoms with Gasteiger partial charge in [-0.05, 0) is 75.1 Å². The zero-order chi connectivity index (χ0) is 23.0. The third-order valence-corrected chi connectivity index (χ3v) is 6.83. The van der Waals surface area contributed by atoms with Crippen LogP contribution in [-0.4, -0.2) is 36.9 Å². The zero-order valence-electron chi connectivity index (χ0n) is 18.5. The molecule has 3 aromatic rings. The molecule has 1 amide bonds. The van der Waals surface area contributed by atoms with E-state index in [0.29, 0.717) is 60.1 Å². The first-order chi connectivity index (χ1) is 16.0. The minimum Gasteiger partial charge on any atom is -0.393 e. The molecule has 8 nitrogen and oxygen atoms in total. The summed E-state index contributed by atoms with van der Waals surface area (Å²) in [7, 11) is 0. The van der Waals surface area contributed by atoms with Crippen LogP contribution >= 0.6 is 0 Å². The Morgan fingerprint density at radius 3 is 2.52 bits per heavy atom. The number of carbonyl (C=O) groups excluding carboxylic acids is 1.